The van der Waals surface area contributed by atoms with Crippen molar-refractivity contribution in [2.75, 3.05) is 52.4 Å². The summed E-state index contributed by atoms with van der Waals surface area (Å²) in [5.74, 6) is 2.38. The molecule has 1 saturated heterocycles. The van der Waals surface area contributed by atoms with Crippen molar-refractivity contribution in [3.8, 4) is 11.5 Å². The Morgan fingerprint density at radius 2 is 0.909 bits per heavy atom. The number of rotatable bonds is 27. The van der Waals surface area contributed by atoms with Gasteiger partial charge in [-0.1, -0.05) is 143 Å². The lowest BCUT2D eigenvalue weighted by atomic mass is 9.78. The molecule has 2 aromatic carbocycles. The maximum atomic E-state index is 7.48. The number of quaternary nitrogens is 2. The summed E-state index contributed by atoms with van der Waals surface area (Å²) >= 11 is 0. The Morgan fingerprint density at radius 1 is 0.500 bits per heavy atom. The molecule has 1 unspecified atom stereocenters. The summed E-state index contributed by atoms with van der Waals surface area (Å²) in [6.45, 7) is 48.3. The van der Waals surface area contributed by atoms with Gasteiger partial charge in [-0.3, -0.25) is 0 Å². The molecule has 0 radical (unpaired) electrons. The Hall–Kier alpha value is -2.70. The third-order valence-corrected chi connectivity index (χ3v) is 16.9. The van der Waals surface area contributed by atoms with E-state index in [0.29, 0.717) is 5.92 Å². The predicted octanol–water partition coefficient (Wildman–Crippen LogP) is 14.9. The third kappa shape index (κ3) is 11.8. The van der Waals surface area contributed by atoms with Gasteiger partial charge in [-0.25, -0.2) is 0 Å². The first-order valence-electron chi connectivity index (χ1n) is 27.8. The molecule has 2 aromatic rings. The molecule has 3 heterocycles. The van der Waals surface area contributed by atoms with Gasteiger partial charge < -0.3 is 18.4 Å². The van der Waals surface area contributed by atoms with Crippen molar-refractivity contribution in [3.05, 3.63) is 58.1 Å². The fourth-order valence-electron chi connectivity index (χ4n) is 11.7. The number of fused-ring (bicyclic) bond motifs is 2. The van der Waals surface area contributed by atoms with Crippen molar-refractivity contribution in [2.24, 2.45) is 0 Å². The van der Waals surface area contributed by atoms with E-state index in [4.69, 9.17) is 9.47 Å². The molecule has 5 rings (SSSR count). The fourth-order valence-corrected chi connectivity index (χ4v) is 11.7. The number of unbranched alkanes of at least 4 members (excludes halogenated alkanes) is 6. The highest BCUT2D eigenvalue weighted by molar-refractivity contribution is 5.84. The average Bonchev–Trinajstić information content (AvgIpc) is 3.39. The van der Waals surface area contributed by atoms with E-state index in [9.17, 15) is 0 Å². The first kappa shape index (κ1) is 54.2. The molecule has 0 saturated carbocycles. The highest BCUT2D eigenvalue weighted by atomic mass is 16.7. The molecule has 0 amide bonds. The monoisotopic (exact) mass is 913 g/mol. The van der Waals surface area contributed by atoms with Crippen LogP contribution >= 0.6 is 0 Å². The highest BCUT2D eigenvalue weighted by Crippen LogP contribution is 2.51. The molecular formula is C60H104N4O2+4. The smallest absolute Gasteiger partial charge is 0.341 e. The summed E-state index contributed by atoms with van der Waals surface area (Å²) < 4.78 is 22.4. The van der Waals surface area contributed by atoms with Crippen molar-refractivity contribution in [1.29, 1.82) is 0 Å². The lowest BCUT2D eigenvalue weighted by Gasteiger charge is -2.40. The Kier molecular flexibility index (Phi) is 18.4. The molecule has 0 bridgehead atoms. The van der Waals surface area contributed by atoms with Crippen LogP contribution in [0.4, 0.5) is 0 Å². The predicted molar refractivity (Wildman–Crippen MR) is 283 cm³/mol. The maximum absolute atomic E-state index is 7.48. The van der Waals surface area contributed by atoms with Gasteiger partial charge in [-0.2, -0.15) is 0 Å². The largest absolute Gasteiger partial charge is 0.705 e. The van der Waals surface area contributed by atoms with E-state index in [1.165, 1.54) is 186 Å². The lowest BCUT2D eigenvalue weighted by molar-refractivity contribution is -0.929. The zero-order valence-electron chi connectivity index (χ0n) is 46.2. The van der Waals surface area contributed by atoms with Gasteiger partial charge in [0.2, 0.25) is 11.1 Å². The quantitative estimate of drug-likeness (QED) is 0.0659. The van der Waals surface area contributed by atoms with Gasteiger partial charge in [-0.15, -0.1) is 0 Å². The minimum atomic E-state index is -1.13. The van der Waals surface area contributed by atoms with E-state index in [1.54, 1.807) is 0 Å². The lowest BCUT2D eigenvalue weighted by Crippen LogP contribution is -2.61. The molecule has 66 heavy (non-hydrogen) atoms. The summed E-state index contributed by atoms with van der Waals surface area (Å²) in [4.78, 5) is 0. The molecule has 0 aliphatic carbocycles. The SMILES string of the molecule is CCCC[N+](CCCC)(CCCC)CCCC(CCC[N+](CCCC)(CCCC)CCCC)c1ccc2c(c1)C=[N+]1C3(O2)Oc2c(cc(C(C)(C)C)cc2C(C)(C)C)C=[N+]3C(C)(C)C1(C)C. The second kappa shape index (κ2) is 22.4. The van der Waals surface area contributed by atoms with Gasteiger partial charge in [0.15, 0.2) is 23.9 Å². The number of hydrogen-bond donors (Lipinski definition) is 0. The number of nitrogens with zero attached hydrogens (tertiary/aromatic N) is 4. The van der Waals surface area contributed by atoms with Crippen LogP contribution in [0.5, 0.6) is 11.5 Å². The van der Waals surface area contributed by atoms with Crippen LogP contribution in [0, 0.1) is 0 Å². The molecule has 1 spiro atoms. The van der Waals surface area contributed by atoms with E-state index in [-0.39, 0.29) is 21.9 Å². The van der Waals surface area contributed by atoms with Crippen molar-refractivity contribution in [1.82, 2.24) is 0 Å². The van der Waals surface area contributed by atoms with Crippen molar-refractivity contribution in [3.63, 3.8) is 0 Å². The zero-order valence-corrected chi connectivity index (χ0v) is 46.2. The summed E-state index contributed by atoms with van der Waals surface area (Å²) in [6, 6.07) is 10.9. The van der Waals surface area contributed by atoms with E-state index >= 15 is 0 Å². The first-order chi connectivity index (χ1) is 31.1. The Morgan fingerprint density at radius 3 is 1.30 bits per heavy atom. The van der Waals surface area contributed by atoms with Crippen molar-refractivity contribution < 1.29 is 27.6 Å². The van der Waals surface area contributed by atoms with E-state index in [2.05, 4.69) is 163 Å². The third-order valence-electron chi connectivity index (χ3n) is 16.9. The molecule has 1 atom stereocenters. The van der Waals surface area contributed by atoms with Crippen LogP contribution < -0.4 is 9.47 Å². The van der Waals surface area contributed by atoms with Gasteiger partial charge in [0.25, 0.3) is 0 Å². The summed E-state index contributed by atoms with van der Waals surface area (Å²) in [7, 11) is 0. The molecule has 6 heteroatoms. The topological polar surface area (TPSA) is 24.5 Å². The normalized spacial score (nSPS) is 18.8. The van der Waals surface area contributed by atoms with Crippen molar-refractivity contribution >= 4 is 12.4 Å². The standard InChI is InChI=1S/C60H104N4O2/c1-17-23-35-63(36-24-18-2,37-25-19-3)41-29-31-48(32-30-42-64(38-26-20-4,39-27-21-5)40-28-22-6)49-33-34-54-50(43-49)46-61-58(13,14)59(15,16)62-47-51-44-52(56(7,8)9)45-53(57(10,11)12)55(51)66-60(61,62)65-54/h33-34,43-48H,17-32,35-42H2,1-16H3/q+4. The number of benzene rings is 2. The summed E-state index contributed by atoms with van der Waals surface area (Å²) in [5.41, 5.74) is 5.63. The van der Waals surface area contributed by atoms with Crippen LogP contribution in [0.25, 0.3) is 0 Å². The molecule has 0 N–H and O–H groups in total. The van der Waals surface area contributed by atoms with Gasteiger partial charge in [0.05, 0.1) is 63.5 Å². The Balaban J connectivity index is 1.56. The van der Waals surface area contributed by atoms with Crippen molar-refractivity contribution in [2.45, 2.75) is 247 Å². The van der Waals surface area contributed by atoms with Crippen LogP contribution in [0.1, 0.15) is 247 Å². The highest BCUT2D eigenvalue weighted by Gasteiger charge is 2.83. The van der Waals surface area contributed by atoms with Crippen LogP contribution in [-0.4, -0.2) is 100 Å². The van der Waals surface area contributed by atoms with E-state index in [1.807, 2.05) is 0 Å². The van der Waals surface area contributed by atoms with Crippen LogP contribution in [-0.2, 0) is 10.8 Å². The maximum Gasteiger partial charge on any atom is 0.705 e. The second-order valence-corrected chi connectivity index (χ2v) is 24.7. The zero-order chi connectivity index (χ0) is 48.6. The van der Waals surface area contributed by atoms with Crippen LogP contribution in [0.15, 0.2) is 30.3 Å². The van der Waals surface area contributed by atoms with Gasteiger partial charge in [0, 0.05) is 33.3 Å². The molecule has 1 fully saturated rings. The Labute approximate surface area is 407 Å². The summed E-state index contributed by atoms with van der Waals surface area (Å²) in [5, 5.41) is 0. The number of hydrogen-bond acceptors (Lipinski definition) is 2. The summed E-state index contributed by atoms with van der Waals surface area (Å²) in [6.07, 6.45) is 25.7. The number of ether oxygens (including phenoxy) is 2. The van der Waals surface area contributed by atoms with Gasteiger partial charge in [-0.05, 0) is 110 Å². The molecule has 3 aliphatic heterocycles. The molecule has 0 aromatic heterocycles. The fraction of sp³-hybridized carbons (Fsp3) is 0.767. The second-order valence-electron chi connectivity index (χ2n) is 24.7. The van der Waals surface area contributed by atoms with E-state index < -0.39 is 6.03 Å². The molecule has 372 valence electrons. The molecule has 3 aliphatic rings. The van der Waals surface area contributed by atoms with Gasteiger partial charge in [0.1, 0.15) is 0 Å². The van der Waals surface area contributed by atoms with E-state index in [0.717, 1.165) is 17.1 Å². The Bertz CT molecular complexity index is 1860. The van der Waals surface area contributed by atoms with Gasteiger partial charge >= 0.3 is 6.03 Å². The minimum Gasteiger partial charge on any atom is -0.341 e. The van der Waals surface area contributed by atoms with Crippen LogP contribution in [0.2, 0.25) is 0 Å². The molecular weight excluding hydrogens is 809 g/mol. The van der Waals surface area contributed by atoms with Crippen LogP contribution in [0.3, 0.4) is 0 Å². The first-order valence-corrected chi connectivity index (χ1v) is 27.8. The minimum absolute atomic E-state index is 0.0102. The molecule has 6 nitrogen and oxygen atoms in total. The average molecular weight is 914 g/mol.